The van der Waals surface area contributed by atoms with Gasteiger partial charge in [-0.05, 0) is 37.5 Å². The van der Waals surface area contributed by atoms with E-state index in [2.05, 4.69) is 29.6 Å². The molecule has 2 atom stereocenters. The third-order valence-corrected chi connectivity index (χ3v) is 6.46. The summed E-state index contributed by atoms with van der Waals surface area (Å²) in [5, 5.41) is 14.2. The Morgan fingerprint density at radius 1 is 1.29 bits per heavy atom. The molecule has 114 valence electrons. The predicted octanol–water partition coefficient (Wildman–Crippen LogP) is 2.89. The van der Waals surface area contributed by atoms with Gasteiger partial charge in [0.25, 0.3) is 0 Å². The molecule has 1 saturated carbocycles. The molecule has 3 nitrogen and oxygen atoms in total. The highest BCUT2D eigenvalue weighted by molar-refractivity contribution is 7.99. The third-order valence-electron chi connectivity index (χ3n) is 5.22. The molecule has 3 aliphatic rings. The van der Waals surface area contributed by atoms with Gasteiger partial charge in [0.15, 0.2) is 0 Å². The van der Waals surface area contributed by atoms with Crippen LogP contribution in [0.2, 0.25) is 0 Å². The Morgan fingerprint density at radius 2 is 2.14 bits per heavy atom. The van der Waals surface area contributed by atoms with Crippen LogP contribution in [0.15, 0.2) is 24.3 Å². The van der Waals surface area contributed by atoms with Crippen LogP contribution in [0.5, 0.6) is 5.75 Å². The number of rotatable bonds is 3. The second kappa shape index (κ2) is 5.18. The number of hydrogen-bond donors (Lipinski definition) is 2. The van der Waals surface area contributed by atoms with E-state index in [9.17, 15) is 5.11 Å². The number of fused-ring (bicyclic) bond motifs is 1. The van der Waals surface area contributed by atoms with Crippen molar-refractivity contribution in [2.75, 3.05) is 18.1 Å². The molecule has 0 radical (unpaired) electrons. The maximum atomic E-state index is 10.6. The average molecular weight is 305 g/mol. The molecule has 1 aromatic carbocycles. The van der Waals surface area contributed by atoms with Gasteiger partial charge in [-0.3, -0.25) is 0 Å². The number of hydrogen-bond acceptors (Lipinski definition) is 4. The fourth-order valence-electron chi connectivity index (χ4n) is 3.73. The van der Waals surface area contributed by atoms with E-state index in [0.717, 1.165) is 30.1 Å². The van der Waals surface area contributed by atoms with Crippen LogP contribution in [0.3, 0.4) is 0 Å². The fourth-order valence-corrected chi connectivity index (χ4v) is 5.02. The van der Waals surface area contributed by atoms with E-state index in [-0.39, 0.29) is 5.60 Å². The lowest BCUT2D eigenvalue weighted by atomic mass is 9.73. The summed E-state index contributed by atoms with van der Waals surface area (Å²) >= 11 is 1.85. The Hall–Kier alpha value is -0.710. The van der Waals surface area contributed by atoms with Gasteiger partial charge in [0.05, 0.1) is 5.60 Å². The minimum absolute atomic E-state index is 0.0546. The van der Waals surface area contributed by atoms with E-state index in [1.807, 2.05) is 11.8 Å². The van der Waals surface area contributed by atoms with Crippen LogP contribution in [-0.4, -0.2) is 34.4 Å². The lowest BCUT2D eigenvalue weighted by Crippen LogP contribution is -2.51. The largest absolute Gasteiger partial charge is 0.487 e. The van der Waals surface area contributed by atoms with Gasteiger partial charge >= 0.3 is 0 Å². The highest BCUT2D eigenvalue weighted by Crippen LogP contribution is 2.48. The first-order chi connectivity index (χ1) is 10.2. The highest BCUT2D eigenvalue weighted by atomic mass is 32.2. The summed E-state index contributed by atoms with van der Waals surface area (Å²) in [4.78, 5) is 0. The second-order valence-corrected chi connectivity index (χ2v) is 7.95. The van der Waals surface area contributed by atoms with Crippen LogP contribution in [0.1, 0.15) is 43.7 Å². The summed E-state index contributed by atoms with van der Waals surface area (Å²) in [5.74, 6) is 2.97. The number of benzene rings is 1. The van der Waals surface area contributed by atoms with E-state index in [1.165, 1.54) is 24.8 Å². The molecule has 1 aliphatic carbocycles. The van der Waals surface area contributed by atoms with Gasteiger partial charge in [-0.15, -0.1) is 0 Å². The van der Waals surface area contributed by atoms with Gasteiger partial charge in [-0.1, -0.05) is 18.2 Å². The van der Waals surface area contributed by atoms with Crippen molar-refractivity contribution in [3.8, 4) is 5.75 Å². The molecule has 4 heteroatoms. The molecule has 2 fully saturated rings. The molecule has 1 spiro atoms. The van der Waals surface area contributed by atoms with Gasteiger partial charge in [-0.2, -0.15) is 11.8 Å². The molecule has 2 heterocycles. The number of para-hydroxylation sites is 1. The molecule has 0 aromatic heterocycles. The van der Waals surface area contributed by atoms with Gasteiger partial charge < -0.3 is 15.2 Å². The Labute approximate surface area is 130 Å². The number of aliphatic hydroxyl groups is 1. The van der Waals surface area contributed by atoms with Crippen molar-refractivity contribution in [3.63, 3.8) is 0 Å². The Bertz CT molecular complexity index is 523. The van der Waals surface area contributed by atoms with Crippen molar-refractivity contribution < 1.29 is 9.84 Å². The fraction of sp³-hybridized carbons (Fsp3) is 0.647. The summed E-state index contributed by atoms with van der Waals surface area (Å²) in [6.07, 6.45) is 5.54. The molecule has 0 amide bonds. The van der Waals surface area contributed by atoms with Crippen molar-refractivity contribution in [3.05, 3.63) is 29.8 Å². The van der Waals surface area contributed by atoms with Crippen LogP contribution in [0, 0.1) is 0 Å². The SMILES string of the molecule is OC1(CNC2CC3(CCC3)Oc3ccccc32)CCSC1. The smallest absolute Gasteiger partial charge is 0.124 e. The minimum Gasteiger partial charge on any atom is -0.487 e. The molecular weight excluding hydrogens is 282 g/mol. The van der Waals surface area contributed by atoms with Crippen LogP contribution in [0.25, 0.3) is 0 Å². The van der Waals surface area contributed by atoms with Crippen molar-refractivity contribution >= 4 is 11.8 Å². The van der Waals surface area contributed by atoms with Crippen LogP contribution >= 0.6 is 11.8 Å². The molecule has 1 aromatic rings. The molecule has 2 unspecified atom stereocenters. The highest BCUT2D eigenvalue weighted by Gasteiger charge is 2.45. The van der Waals surface area contributed by atoms with Crippen LogP contribution in [-0.2, 0) is 0 Å². The zero-order valence-electron chi connectivity index (χ0n) is 12.3. The van der Waals surface area contributed by atoms with Gasteiger partial charge in [0.2, 0.25) is 0 Å². The molecular formula is C17H23NO2S. The normalized spacial score (nSPS) is 33.3. The van der Waals surface area contributed by atoms with E-state index in [4.69, 9.17) is 4.74 Å². The minimum atomic E-state index is -0.523. The van der Waals surface area contributed by atoms with Crippen molar-refractivity contribution in [2.45, 2.75) is 49.3 Å². The Balaban J connectivity index is 1.53. The summed E-state index contributed by atoms with van der Waals surface area (Å²) in [6, 6.07) is 8.68. The molecule has 4 rings (SSSR count). The molecule has 2 N–H and O–H groups in total. The lowest BCUT2D eigenvalue weighted by molar-refractivity contribution is -0.0397. The van der Waals surface area contributed by atoms with Crippen LogP contribution in [0.4, 0.5) is 0 Å². The van der Waals surface area contributed by atoms with E-state index < -0.39 is 5.60 Å². The molecule has 2 aliphatic heterocycles. The average Bonchev–Trinajstić information content (AvgIpc) is 2.90. The summed E-state index contributed by atoms with van der Waals surface area (Å²) < 4.78 is 6.28. The third kappa shape index (κ3) is 2.58. The lowest BCUT2D eigenvalue weighted by Gasteiger charge is -2.48. The number of nitrogens with one attached hydrogen (secondary N) is 1. The topological polar surface area (TPSA) is 41.5 Å². The van der Waals surface area contributed by atoms with E-state index in [1.54, 1.807) is 0 Å². The number of thioether (sulfide) groups is 1. The first-order valence-corrected chi connectivity index (χ1v) is 9.15. The summed E-state index contributed by atoms with van der Waals surface area (Å²) in [5.41, 5.74) is 0.785. The monoisotopic (exact) mass is 305 g/mol. The molecule has 1 saturated heterocycles. The standard InChI is InChI=1S/C17H23NO2S/c19-16(8-9-21-12-16)11-18-14-10-17(6-3-7-17)20-15-5-2-1-4-13(14)15/h1-2,4-5,14,18-19H,3,6-12H2. The summed E-state index contributed by atoms with van der Waals surface area (Å²) in [6.45, 7) is 0.690. The van der Waals surface area contributed by atoms with Gasteiger partial charge in [-0.25, -0.2) is 0 Å². The predicted molar refractivity (Wildman–Crippen MR) is 85.9 cm³/mol. The van der Waals surface area contributed by atoms with Crippen molar-refractivity contribution in [1.82, 2.24) is 5.32 Å². The summed E-state index contributed by atoms with van der Waals surface area (Å²) in [7, 11) is 0. The number of ether oxygens (including phenoxy) is 1. The second-order valence-electron chi connectivity index (χ2n) is 6.84. The van der Waals surface area contributed by atoms with Gasteiger partial charge in [0, 0.05) is 30.3 Å². The maximum absolute atomic E-state index is 10.6. The van der Waals surface area contributed by atoms with E-state index in [0.29, 0.717) is 12.6 Å². The quantitative estimate of drug-likeness (QED) is 0.901. The van der Waals surface area contributed by atoms with Crippen molar-refractivity contribution in [1.29, 1.82) is 0 Å². The molecule has 21 heavy (non-hydrogen) atoms. The maximum Gasteiger partial charge on any atom is 0.124 e. The van der Waals surface area contributed by atoms with Crippen molar-refractivity contribution in [2.24, 2.45) is 0 Å². The Morgan fingerprint density at radius 3 is 2.86 bits per heavy atom. The van der Waals surface area contributed by atoms with Gasteiger partial charge in [0.1, 0.15) is 11.4 Å². The molecule has 0 bridgehead atoms. The van der Waals surface area contributed by atoms with Crippen LogP contribution < -0.4 is 10.1 Å². The Kier molecular flexibility index (Phi) is 3.43. The zero-order chi connectivity index (χ0) is 14.3. The first kappa shape index (κ1) is 13.9. The first-order valence-electron chi connectivity index (χ1n) is 8.00. The van der Waals surface area contributed by atoms with E-state index >= 15 is 0 Å². The zero-order valence-corrected chi connectivity index (χ0v) is 13.1.